The fraction of sp³-hybridized carbons (Fsp3) is 0.500. The van der Waals surface area contributed by atoms with Gasteiger partial charge < -0.3 is 14.4 Å². The third-order valence-corrected chi connectivity index (χ3v) is 3.76. The number of halogens is 2. The molecule has 2 unspecified atom stereocenters. The van der Waals surface area contributed by atoms with Crippen molar-refractivity contribution in [1.29, 1.82) is 0 Å². The minimum atomic E-state index is -0.144. The molecule has 2 rings (SSSR count). The molecule has 1 aromatic carbocycles. The summed E-state index contributed by atoms with van der Waals surface area (Å²) in [5.74, 6) is 0.761. The monoisotopic (exact) mass is 317 g/mol. The standard InChI is InChI=1S/C14H17Cl2NO3/c1-9-7-17(8-11(6-15)20-9)14(18)12-5-10(16)3-4-13(12)19-2/h3-5,9,11H,6-8H2,1-2H3. The Labute approximate surface area is 128 Å². The summed E-state index contributed by atoms with van der Waals surface area (Å²) in [6, 6.07) is 5.01. The van der Waals surface area contributed by atoms with Crippen LogP contribution in [0.5, 0.6) is 5.75 Å². The van der Waals surface area contributed by atoms with Crippen LogP contribution < -0.4 is 4.74 Å². The normalized spacial score (nSPS) is 22.7. The van der Waals surface area contributed by atoms with Crippen molar-refractivity contribution in [2.24, 2.45) is 0 Å². The molecule has 1 aliphatic heterocycles. The third kappa shape index (κ3) is 3.37. The van der Waals surface area contributed by atoms with Crippen LogP contribution in [0, 0.1) is 0 Å². The predicted octanol–water partition coefficient (Wildman–Crippen LogP) is 2.82. The van der Waals surface area contributed by atoms with Gasteiger partial charge in [0.25, 0.3) is 5.91 Å². The summed E-state index contributed by atoms with van der Waals surface area (Å²) in [6.45, 7) is 2.93. The molecule has 1 fully saturated rings. The Hall–Kier alpha value is -0.970. The van der Waals surface area contributed by atoms with Crippen molar-refractivity contribution in [3.8, 4) is 5.75 Å². The van der Waals surface area contributed by atoms with Crippen molar-refractivity contribution in [3.63, 3.8) is 0 Å². The van der Waals surface area contributed by atoms with E-state index in [4.69, 9.17) is 32.7 Å². The van der Waals surface area contributed by atoms with Gasteiger partial charge >= 0.3 is 0 Å². The van der Waals surface area contributed by atoms with E-state index in [0.717, 1.165) is 0 Å². The molecule has 0 spiro atoms. The number of amides is 1. The molecule has 0 N–H and O–H groups in total. The van der Waals surface area contributed by atoms with Crippen LogP contribution in [0.3, 0.4) is 0 Å². The Bertz CT molecular complexity index is 495. The van der Waals surface area contributed by atoms with E-state index in [2.05, 4.69) is 0 Å². The van der Waals surface area contributed by atoms with Crippen molar-refractivity contribution in [1.82, 2.24) is 4.90 Å². The number of carbonyl (C=O) groups excluding carboxylic acids is 1. The lowest BCUT2D eigenvalue weighted by atomic mass is 10.1. The molecule has 0 aromatic heterocycles. The summed E-state index contributed by atoms with van der Waals surface area (Å²) >= 11 is 11.8. The van der Waals surface area contributed by atoms with Crippen LogP contribution in [0.2, 0.25) is 5.02 Å². The summed E-state index contributed by atoms with van der Waals surface area (Å²) in [5, 5.41) is 0.504. The molecule has 4 nitrogen and oxygen atoms in total. The second kappa shape index (κ2) is 6.66. The highest BCUT2D eigenvalue weighted by Gasteiger charge is 2.29. The Balaban J connectivity index is 2.24. The van der Waals surface area contributed by atoms with Crippen molar-refractivity contribution in [2.75, 3.05) is 26.1 Å². The predicted molar refractivity (Wildman–Crippen MR) is 79.0 cm³/mol. The Morgan fingerprint density at radius 2 is 2.25 bits per heavy atom. The van der Waals surface area contributed by atoms with Crippen molar-refractivity contribution in [3.05, 3.63) is 28.8 Å². The van der Waals surface area contributed by atoms with E-state index in [-0.39, 0.29) is 18.1 Å². The van der Waals surface area contributed by atoms with E-state index in [1.807, 2.05) is 6.92 Å². The molecule has 1 aromatic rings. The van der Waals surface area contributed by atoms with Gasteiger partial charge in [0.1, 0.15) is 5.75 Å². The van der Waals surface area contributed by atoms with Gasteiger partial charge in [0, 0.05) is 18.1 Å². The van der Waals surface area contributed by atoms with Crippen molar-refractivity contribution >= 4 is 29.1 Å². The lowest BCUT2D eigenvalue weighted by Crippen LogP contribution is -2.49. The van der Waals surface area contributed by atoms with E-state index >= 15 is 0 Å². The summed E-state index contributed by atoms with van der Waals surface area (Å²) < 4.78 is 10.9. The molecule has 20 heavy (non-hydrogen) atoms. The zero-order valence-electron chi connectivity index (χ0n) is 11.4. The van der Waals surface area contributed by atoms with Crippen LogP contribution in [0.25, 0.3) is 0 Å². The number of hydrogen-bond acceptors (Lipinski definition) is 3. The average molecular weight is 318 g/mol. The number of rotatable bonds is 3. The van der Waals surface area contributed by atoms with E-state index < -0.39 is 0 Å². The quantitative estimate of drug-likeness (QED) is 0.805. The molecule has 1 saturated heterocycles. The molecular formula is C14H17Cl2NO3. The van der Waals surface area contributed by atoms with Gasteiger partial charge in [-0.15, -0.1) is 11.6 Å². The third-order valence-electron chi connectivity index (χ3n) is 3.18. The van der Waals surface area contributed by atoms with Gasteiger partial charge in [-0.2, -0.15) is 0 Å². The minimum absolute atomic E-state index is 0.0402. The lowest BCUT2D eigenvalue weighted by Gasteiger charge is -2.36. The molecule has 0 saturated carbocycles. The molecule has 0 bridgehead atoms. The molecule has 0 aliphatic carbocycles. The lowest BCUT2D eigenvalue weighted by molar-refractivity contribution is -0.0570. The van der Waals surface area contributed by atoms with E-state index in [1.165, 1.54) is 7.11 Å². The van der Waals surface area contributed by atoms with Crippen LogP contribution in [0.15, 0.2) is 18.2 Å². The maximum absolute atomic E-state index is 12.6. The Morgan fingerprint density at radius 3 is 2.90 bits per heavy atom. The maximum Gasteiger partial charge on any atom is 0.257 e. The van der Waals surface area contributed by atoms with Gasteiger partial charge in [-0.25, -0.2) is 0 Å². The van der Waals surface area contributed by atoms with Crippen LogP contribution in [0.4, 0.5) is 0 Å². The molecule has 1 amide bonds. The van der Waals surface area contributed by atoms with Crippen LogP contribution in [-0.4, -0.2) is 49.1 Å². The fourth-order valence-electron chi connectivity index (χ4n) is 2.31. The van der Waals surface area contributed by atoms with Crippen LogP contribution >= 0.6 is 23.2 Å². The molecule has 0 radical (unpaired) electrons. The first-order valence-corrected chi connectivity index (χ1v) is 7.30. The molecular weight excluding hydrogens is 301 g/mol. The number of methoxy groups -OCH3 is 1. The molecule has 1 heterocycles. The Kier molecular flexibility index (Phi) is 5.13. The zero-order valence-corrected chi connectivity index (χ0v) is 12.9. The summed E-state index contributed by atoms with van der Waals surface area (Å²) in [6.07, 6.45) is -0.184. The average Bonchev–Trinajstić information content (AvgIpc) is 2.45. The number of morpholine rings is 1. The van der Waals surface area contributed by atoms with E-state index in [1.54, 1.807) is 23.1 Å². The van der Waals surface area contributed by atoms with Gasteiger partial charge in [0.15, 0.2) is 0 Å². The largest absolute Gasteiger partial charge is 0.496 e. The van der Waals surface area contributed by atoms with Gasteiger partial charge in [-0.3, -0.25) is 4.79 Å². The van der Waals surface area contributed by atoms with Gasteiger partial charge in [-0.1, -0.05) is 11.6 Å². The SMILES string of the molecule is COc1ccc(Cl)cc1C(=O)N1CC(C)OC(CCl)C1. The van der Waals surface area contributed by atoms with Crippen LogP contribution in [0.1, 0.15) is 17.3 Å². The zero-order chi connectivity index (χ0) is 14.7. The number of alkyl halides is 1. The first kappa shape index (κ1) is 15.4. The van der Waals surface area contributed by atoms with E-state index in [9.17, 15) is 4.79 Å². The highest BCUT2D eigenvalue weighted by Crippen LogP contribution is 2.25. The first-order chi connectivity index (χ1) is 9.55. The second-order valence-electron chi connectivity index (χ2n) is 4.78. The molecule has 6 heteroatoms. The topological polar surface area (TPSA) is 38.8 Å². The smallest absolute Gasteiger partial charge is 0.257 e. The minimum Gasteiger partial charge on any atom is -0.496 e. The molecule has 2 atom stereocenters. The van der Waals surface area contributed by atoms with Crippen LogP contribution in [-0.2, 0) is 4.74 Å². The summed E-state index contributed by atoms with van der Waals surface area (Å²) in [4.78, 5) is 14.4. The first-order valence-electron chi connectivity index (χ1n) is 6.39. The number of nitrogens with zero attached hydrogens (tertiary/aromatic N) is 1. The van der Waals surface area contributed by atoms with Gasteiger partial charge in [-0.05, 0) is 25.1 Å². The number of carbonyl (C=O) groups is 1. The van der Waals surface area contributed by atoms with Crippen molar-refractivity contribution < 1.29 is 14.3 Å². The molecule has 1 aliphatic rings. The summed E-state index contributed by atoms with van der Waals surface area (Å²) in [7, 11) is 1.53. The van der Waals surface area contributed by atoms with E-state index in [0.29, 0.717) is 35.3 Å². The highest BCUT2D eigenvalue weighted by molar-refractivity contribution is 6.31. The second-order valence-corrected chi connectivity index (χ2v) is 5.52. The number of hydrogen-bond donors (Lipinski definition) is 0. The highest BCUT2D eigenvalue weighted by atomic mass is 35.5. The summed E-state index contributed by atoms with van der Waals surface area (Å²) in [5.41, 5.74) is 0.461. The number of benzene rings is 1. The maximum atomic E-state index is 12.6. The number of ether oxygens (including phenoxy) is 2. The molecule has 110 valence electrons. The fourth-order valence-corrected chi connectivity index (χ4v) is 2.66. The van der Waals surface area contributed by atoms with Gasteiger partial charge in [0.2, 0.25) is 0 Å². The van der Waals surface area contributed by atoms with Gasteiger partial charge in [0.05, 0.1) is 30.8 Å². The van der Waals surface area contributed by atoms with Crippen molar-refractivity contribution in [2.45, 2.75) is 19.1 Å². The Morgan fingerprint density at radius 1 is 1.50 bits per heavy atom.